The smallest absolute Gasteiger partial charge is 0.169 e. The van der Waals surface area contributed by atoms with Crippen molar-refractivity contribution >= 4 is 27.9 Å². The van der Waals surface area contributed by atoms with Crippen molar-refractivity contribution in [1.82, 2.24) is 0 Å². The Hall–Kier alpha value is -3.75. The van der Waals surface area contributed by atoms with Crippen LogP contribution in [-0.2, 0) is 11.2 Å². The fraction of sp³-hybridized carbons (Fsp3) is 0.406. The molecule has 8 nitrogen and oxygen atoms in total. The Morgan fingerprint density at radius 1 is 1.00 bits per heavy atom. The van der Waals surface area contributed by atoms with Gasteiger partial charge in [-0.3, -0.25) is 4.79 Å². The van der Waals surface area contributed by atoms with E-state index in [0.717, 1.165) is 5.57 Å². The molecular formula is C32H34O8. The number of benzene rings is 3. The average molecular weight is 547 g/mol. The van der Waals surface area contributed by atoms with Crippen LogP contribution in [0.2, 0.25) is 0 Å². The third kappa shape index (κ3) is 3.84. The maximum absolute atomic E-state index is 13.0. The van der Waals surface area contributed by atoms with E-state index < -0.39 is 11.5 Å². The van der Waals surface area contributed by atoms with E-state index in [0.29, 0.717) is 44.9 Å². The molecule has 1 aliphatic heterocycles. The van der Waals surface area contributed by atoms with E-state index in [1.54, 1.807) is 26.2 Å². The van der Waals surface area contributed by atoms with Crippen molar-refractivity contribution in [2.45, 2.75) is 57.8 Å². The second-order valence-corrected chi connectivity index (χ2v) is 11.7. The number of carbonyl (C=O) groups is 1. The molecule has 0 aromatic heterocycles. The lowest BCUT2D eigenvalue weighted by molar-refractivity contribution is -0.0699. The zero-order chi connectivity index (χ0) is 28.7. The third-order valence-electron chi connectivity index (χ3n) is 8.75. The summed E-state index contributed by atoms with van der Waals surface area (Å²) in [4.78, 5) is 13.0. The normalized spacial score (nSPS) is 27.7. The molecule has 0 radical (unpaired) electrons. The number of hydrogen-bond acceptors (Lipinski definition) is 8. The second-order valence-electron chi connectivity index (χ2n) is 11.7. The fourth-order valence-electron chi connectivity index (χ4n) is 7.19. The van der Waals surface area contributed by atoms with Crippen LogP contribution in [0.4, 0.5) is 0 Å². The van der Waals surface area contributed by atoms with Gasteiger partial charge in [-0.1, -0.05) is 12.1 Å². The molecule has 0 amide bonds. The average Bonchev–Trinajstić information content (AvgIpc) is 2.87. The van der Waals surface area contributed by atoms with E-state index in [1.807, 2.05) is 32.0 Å². The lowest BCUT2D eigenvalue weighted by Gasteiger charge is -2.42. The number of phenols is 2. The highest BCUT2D eigenvalue weighted by atomic mass is 16.5. The van der Waals surface area contributed by atoms with E-state index >= 15 is 0 Å². The second kappa shape index (κ2) is 9.14. The Balaban J connectivity index is 1.71. The number of ether oxygens (including phenoxy) is 3. The van der Waals surface area contributed by atoms with Crippen LogP contribution in [0, 0.1) is 11.8 Å². The van der Waals surface area contributed by atoms with Gasteiger partial charge in [0.05, 0.1) is 48.2 Å². The molecule has 5 unspecified atom stereocenters. The number of Topliss-reactive ketones (excluding diaryl/α,β-unsaturated/α-hetero) is 1. The van der Waals surface area contributed by atoms with Crippen LogP contribution in [0.15, 0.2) is 30.3 Å². The van der Waals surface area contributed by atoms with Crippen molar-refractivity contribution in [3.8, 4) is 23.0 Å². The quantitative estimate of drug-likeness (QED) is 0.394. The summed E-state index contributed by atoms with van der Waals surface area (Å²) in [5.41, 5.74) is 0.757. The highest BCUT2D eigenvalue weighted by molar-refractivity contribution is 6.10. The van der Waals surface area contributed by atoms with Gasteiger partial charge in [-0.25, -0.2) is 0 Å². The SMILES string of the molecule is COc1cc(OC)c2c(c1)=C(c1ccc3cc4c(c(O)c3c1O)C(=O)CC(C)(O)C4)C1CC(C)OC(C)C1C=2O. The van der Waals surface area contributed by atoms with E-state index in [4.69, 9.17) is 14.2 Å². The van der Waals surface area contributed by atoms with Crippen molar-refractivity contribution in [2.75, 3.05) is 14.2 Å². The molecule has 2 aliphatic carbocycles. The van der Waals surface area contributed by atoms with Gasteiger partial charge in [0.1, 0.15) is 28.8 Å². The van der Waals surface area contributed by atoms with Gasteiger partial charge in [0.25, 0.3) is 0 Å². The van der Waals surface area contributed by atoms with Crippen LogP contribution in [0.1, 0.15) is 55.1 Å². The molecule has 210 valence electrons. The molecule has 0 saturated carbocycles. The molecule has 3 aliphatic rings. The van der Waals surface area contributed by atoms with Crippen LogP contribution < -0.4 is 19.9 Å². The molecular weight excluding hydrogens is 512 g/mol. The standard InChI is InChI=1S/C32H34O8/c1-14-8-20-24(15(2)40-14)30(35)28-21(10-18(38-4)11-23(28)39-5)27(20)19-7-6-16-9-17-12-32(3,37)13-22(33)25(17)31(36)26(16)29(19)34/h6-7,9-11,14-15,20,24,34-37H,8,12-13H2,1-5H3. The van der Waals surface area contributed by atoms with E-state index in [1.165, 1.54) is 7.11 Å². The Morgan fingerprint density at radius 3 is 2.45 bits per heavy atom. The van der Waals surface area contributed by atoms with E-state index in [9.17, 15) is 25.2 Å². The monoisotopic (exact) mass is 546 g/mol. The number of carbonyl (C=O) groups excluding carboxylic acids is 1. The number of fused-ring (bicyclic) bond motifs is 4. The number of phenolic OH excluding ortho intramolecular Hbond substituents is 2. The fourth-order valence-corrected chi connectivity index (χ4v) is 7.19. The zero-order valence-corrected chi connectivity index (χ0v) is 23.2. The molecule has 4 N–H and O–H groups in total. The molecule has 5 atom stereocenters. The Morgan fingerprint density at radius 2 is 1.75 bits per heavy atom. The minimum absolute atomic E-state index is 0.0958. The topological polar surface area (TPSA) is 126 Å². The minimum atomic E-state index is -1.20. The summed E-state index contributed by atoms with van der Waals surface area (Å²) in [5.74, 6) is -0.292. The first-order valence-corrected chi connectivity index (χ1v) is 13.6. The van der Waals surface area contributed by atoms with Crippen LogP contribution >= 0.6 is 0 Å². The molecule has 1 fully saturated rings. The van der Waals surface area contributed by atoms with Gasteiger partial charge < -0.3 is 34.6 Å². The van der Waals surface area contributed by atoms with Crippen molar-refractivity contribution in [3.05, 3.63) is 57.5 Å². The summed E-state index contributed by atoms with van der Waals surface area (Å²) in [6.45, 7) is 5.52. The number of hydrogen-bond donors (Lipinski definition) is 4. The zero-order valence-electron chi connectivity index (χ0n) is 23.2. The Labute approximate surface area is 231 Å². The van der Waals surface area contributed by atoms with Crippen LogP contribution in [0.3, 0.4) is 0 Å². The number of methoxy groups -OCH3 is 2. The van der Waals surface area contributed by atoms with E-state index in [2.05, 4.69) is 0 Å². The molecule has 1 heterocycles. The molecule has 0 bridgehead atoms. The first-order chi connectivity index (χ1) is 19.0. The summed E-state index contributed by atoms with van der Waals surface area (Å²) in [6.07, 6.45) is 0.297. The van der Waals surface area contributed by atoms with Crippen LogP contribution in [0.25, 0.3) is 22.1 Å². The van der Waals surface area contributed by atoms with Crippen LogP contribution in [0.5, 0.6) is 23.0 Å². The highest BCUT2D eigenvalue weighted by Crippen LogP contribution is 2.49. The van der Waals surface area contributed by atoms with Crippen molar-refractivity contribution in [3.63, 3.8) is 0 Å². The van der Waals surface area contributed by atoms with Crippen molar-refractivity contribution in [2.24, 2.45) is 11.8 Å². The minimum Gasteiger partial charge on any atom is -0.511 e. The molecule has 6 rings (SSSR count). The van der Waals surface area contributed by atoms with Crippen LogP contribution in [-0.4, -0.2) is 58.2 Å². The highest BCUT2D eigenvalue weighted by Gasteiger charge is 2.44. The van der Waals surface area contributed by atoms with Crippen molar-refractivity contribution < 1.29 is 39.4 Å². The maximum Gasteiger partial charge on any atom is 0.169 e. The van der Waals surface area contributed by atoms with Gasteiger partial charge in [-0.15, -0.1) is 0 Å². The summed E-state index contributed by atoms with van der Waals surface area (Å²) >= 11 is 0. The maximum atomic E-state index is 13.0. The first-order valence-electron chi connectivity index (χ1n) is 13.6. The largest absolute Gasteiger partial charge is 0.511 e. The molecule has 8 heteroatoms. The number of rotatable bonds is 3. The predicted molar refractivity (Wildman–Crippen MR) is 150 cm³/mol. The van der Waals surface area contributed by atoms with Gasteiger partial charge in [0.2, 0.25) is 0 Å². The number of aliphatic hydroxyl groups excluding tert-OH is 1. The molecule has 3 aromatic rings. The summed E-state index contributed by atoms with van der Waals surface area (Å²) in [6, 6.07) is 8.91. The summed E-state index contributed by atoms with van der Waals surface area (Å²) in [7, 11) is 3.08. The van der Waals surface area contributed by atoms with Gasteiger partial charge in [-0.2, -0.15) is 0 Å². The molecule has 1 saturated heterocycles. The molecule has 0 spiro atoms. The third-order valence-corrected chi connectivity index (χ3v) is 8.75. The number of aromatic hydroxyl groups is 2. The Kier molecular flexibility index (Phi) is 6.05. The first kappa shape index (κ1) is 26.5. The van der Waals surface area contributed by atoms with Gasteiger partial charge in [-0.05, 0) is 61.1 Å². The van der Waals surface area contributed by atoms with Crippen molar-refractivity contribution in [1.29, 1.82) is 0 Å². The number of ketones is 1. The molecule has 3 aromatic carbocycles. The molecule has 40 heavy (non-hydrogen) atoms. The van der Waals surface area contributed by atoms with Gasteiger partial charge in [0.15, 0.2) is 5.78 Å². The van der Waals surface area contributed by atoms with Gasteiger partial charge in [0, 0.05) is 36.3 Å². The lowest BCUT2D eigenvalue weighted by Crippen LogP contribution is -2.49. The summed E-state index contributed by atoms with van der Waals surface area (Å²) in [5, 5.41) is 47.3. The number of aliphatic hydroxyl groups is 2. The van der Waals surface area contributed by atoms with E-state index in [-0.39, 0.29) is 65.0 Å². The lowest BCUT2D eigenvalue weighted by atomic mass is 9.70. The predicted octanol–water partition coefficient (Wildman–Crippen LogP) is 3.46. The van der Waals surface area contributed by atoms with Gasteiger partial charge >= 0.3 is 0 Å². The summed E-state index contributed by atoms with van der Waals surface area (Å²) < 4.78 is 17.4. The Bertz CT molecular complexity index is 1700.